The monoisotopic (exact) mass is 522 g/mol. The minimum atomic E-state index is -0.0460. The molecular weight excluding hydrogens is 488 g/mol. The standard InChI is InChI=1S/C32H34N4O3/c1-3-15-34-31(37)23-9-11-25(12-10-23)35-16-18-36(19-17-35)32(38)30-14-13-27(28-7-5-6-8-29(28)30)24-20-26(39-4-2)22-33-21-24/h5-14,20-22H,3-4,15-19H2,1-2H3,(H,34,37). The molecule has 200 valence electrons. The van der Waals surface area contributed by atoms with Gasteiger partial charge in [0.25, 0.3) is 11.8 Å². The van der Waals surface area contributed by atoms with Crippen LogP contribution in [0.25, 0.3) is 21.9 Å². The second-order valence-corrected chi connectivity index (χ2v) is 9.63. The normalized spacial score (nSPS) is 13.4. The molecule has 5 rings (SSSR count). The molecular formula is C32H34N4O3. The fourth-order valence-corrected chi connectivity index (χ4v) is 5.05. The van der Waals surface area contributed by atoms with E-state index in [-0.39, 0.29) is 11.8 Å². The highest BCUT2D eigenvalue weighted by Gasteiger charge is 2.24. The number of piperazine rings is 1. The lowest BCUT2D eigenvalue weighted by atomic mass is 9.95. The van der Waals surface area contributed by atoms with Gasteiger partial charge in [-0.25, -0.2) is 0 Å². The van der Waals surface area contributed by atoms with E-state index >= 15 is 0 Å². The molecule has 1 aromatic heterocycles. The molecule has 1 aliphatic rings. The molecule has 1 saturated heterocycles. The van der Waals surface area contributed by atoms with Crippen molar-refractivity contribution in [3.8, 4) is 16.9 Å². The SMILES string of the molecule is CCCNC(=O)c1ccc(N2CCN(C(=O)c3ccc(-c4cncc(OCC)c4)c4ccccc34)CC2)cc1. The molecule has 0 radical (unpaired) electrons. The van der Waals surface area contributed by atoms with E-state index in [9.17, 15) is 9.59 Å². The number of hydrogen-bond donors (Lipinski definition) is 1. The molecule has 1 fully saturated rings. The van der Waals surface area contributed by atoms with Gasteiger partial charge in [0.15, 0.2) is 0 Å². The van der Waals surface area contributed by atoms with Gasteiger partial charge in [0.1, 0.15) is 5.75 Å². The second kappa shape index (κ2) is 12.0. The molecule has 3 aromatic carbocycles. The molecule has 1 N–H and O–H groups in total. The Bertz CT molecular complexity index is 1460. The minimum Gasteiger partial charge on any atom is -0.492 e. The van der Waals surface area contributed by atoms with E-state index in [1.54, 1.807) is 6.20 Å². The summed E-state index contributed by atoms with van der Waals surface area (Å²) in [6.45, 7) is 7.97. The van der Waals surface area contributed by atoms with E-state index in [1.807, 2.05) is 85.6 Å². The summed E-state index contributed by atoms with van der Waals surface area (Å²) < 4.78 is 5.65. The summed E-state index contributed by atoms with van der Waals surface area (Å²) in [7, 11) is 0. The molecule has 39 heavy (non-hydrogen) atoms. The number of hydrogen-bond acceptors (Lipinski definition) is 5. The van der Waals surface area contributed by atoms with E-state index in [1.165, 1.54) is 0 Å². The van der Waals surface area contributed by atoms with Gasteiger partial charge in [0, 0.05) is 61.3 Å². The van der Waals surface area contributed by atoms with Crippen LogP contribution in [-0.4, -0.2) is 61.0 Å². The largest absolute Gasteiger partial charge is 0.492 e. The smallest absolute Gasteiger partial charge is 0.254 e. The highest BCUT2D eigenvalue weighted by Crippen LogP contribution is 2.33. The molecule has 1 aliphatic heterocycles. The molecule has 0 saturated carbocycles. The van der Waals surface area contributed by atoms with Gasteiger partial charge in [-0.15, -0.1) is 0 Å². The van der Waals surface area contributed by atoms with E-state index in [4.69, 9.17) is 4.74 Å². The van der Waals surface area contributed by atoms with Crippen LogP contribution in [0.2, 0.25) is 0 Å². The average Bonchev–Trinajstić information content (AvgIpc) is 2.99. The first-order valence-electron chi connectivity index (χ1n) is 13.6. The zero-order chi connectivity index (χ0) is 27.2. The predicted octanol–water partition coefficient (Wildman–Crippen LogP) is 5.40. The van der Waals surface area contributed by atoms with Crippen molar-refractivity contribution in [2.45, 2.75) is 20.3 Å². The summed E-state index contributed by atoms with van der Waals surface area (Å²) in [5.41, 5.74) is 4.41. The highest BCUT2D eigenvalue weighted by molar-refractivity contribution is 6.11. The Morgan fingerprint density at radius 3 is 2.36 bits per heavy atom. The van der Waals surface area contributed by atoms with Crippen molar-refractivity contribution < 1.29 is 14.3 Å². The summed E-state index contributed by atoms with van der Waals surface area (Å²) in [6.07, 6.45) is 4.45. The van der Waals surface area contributed by atoms with E-state index in [2.05, 4.69) is 21.3 Å². The first-order valence-corrected chi connectivity index (χ1v) is 13.6. The summed E-state index contributed by atoms with van der Waals surface area (Å²) >= 11 is 0. The number of aromatic nitrogens is 1. The molecule has 7 nitrogen and oxygen atoms in total. The van der Waals surface area contributed by atoms with Crippen molar-refractivity contribution in [2.75, 3.05) is 44.2 Å². The minimum absolute atomic E-state index is 0.0431. The van der Waals surface area contributed by atoms with Crippen molar-refractivity contribution in [1.29, 1.82) is 0 Å². The molecule has 2 amide bonds. The lowest BCUT2D eigenvalue weighted by Gasteiger charge is -2.36. The first kappa shape index (κ1) is 26.2. The van der Waals surface area contributed by atoms with Crippen LogP contribution < -0.4 is 15.0 Å². The number of ether oxygens (including phenoxy) is 1. The van der Waals surface area contributed by atoms with Gasteiger partial charge in [0.2, 0.25) is 0 Å². The van der Waals surface area contributed by atoms with Crippen LogP contribution in [0.1, 0.15) is 41.0 Å². The third kappa shape index (κ3) is 5.72. The summed E-state index contributed by atoms with van der Waals surface area (Å²) in [4.78, 5) is 34.4. The lowest BCUT2D eigenvalue weighted by Crippen LogP contribution is -2.48. The first-order chi connectivity index (χ1) is 19.1. The molecule has 0 atom stereocenters. The molecule has 7 heteroatoms. The summed E-state index contributed by atoms with van der Waals surface area (Å²) in [6, 6.07) is 21.7. The number of pyridine rings is 1. The second-order valence-electron chi connectivity index (χ2n) is 9.63. The lowest BCUT2D eigenvalue weighted by molar-refractivity contribution is 0.0748. The maximum atomic E-state index is 13.7. The van der Waals surface area contributed by atoms with Crippen LogP contribution in [0.4, 0.5) is 5.69 Å². The van der Waals surface area contributed by atoms with Gasteiger partial charge in [-0.05, 0) is 66.1 Å². The third-order valence-corrected chi connectivity index (χ3v) is 7.09. The number of nitrogens with one attached hydrogen (secondary N) is 1. The van der Waals surface area contributed by atoms with Crippen LogP contribution in [0.3, 0.4) is 0 Å². The zero-order valence-corrected chi connectivity index (χ0v) is 22.5. The van der Waals surface area contributed by atoms with Crippen LogP contribution in [0, 0.1) is 0 Å². The van der Waals surface area contributed by atoms with Crippen LogP contribution in [-0.2, 0) is 0 Å². The predicted molar refractivity (Wildman–Crippen MR) is 156 cm³/mol. The fourth-order valence-electron chi connectivity index (χ4n) is 5.05. The number of fused-ring (bicyclic) bond motifs is 1. The van der Waals surface area contributed by atoms with Gasteiger partial charge >= 0.3 is 0 Å². The maximum absolute atomic E-state index is 13.7. The van der Waals surface area contributed by atoms with Crippen molar-refractivity contribution in [3.63, 3.8) is 0 Å². The Labute approximate surface area is 229 Å². The van der Waals surface area contributed by atoms with Gasteiger partial charge in [-0.1, -0.05) is 37.3 Å². The molecule has 4 aromatic rings. The van der Waals surface area contributed by atoms with Crippen molar-refractivity contribution in [1.82, 2.24) is 15.2 Å². The number of carbonyl (C=O) groups excluding carboxylic acids is 2. The third-order valence-electron chi connectivity index (χ3n) is 7.09. The number of rotatable bonds is 8. The number of carbonyl (C=O) groups is 2. The topological polar surface area (TPSA) is 74.8 Å². The van der Waals surface area contributed by atoms with Crippen LogP contribution >= 0.6 is 0 Å². The van der Waals surface area contributed by atoms with Crippen molar-refractivity contribution in [3.05, 3.63) is 90.3 Å². The Hall–Kier alpha value is -4.39. The zero-order valence-electron chi connectivity index (χ0n) is 22.5. The molecule has 0 aliphatic carbocycles. The Morgan fingerprint density at radius 2 is 1.64 bits per heavy atom. The van der Waals surface area contributed by atoms with Gasteiger partial charge in [-0.3, -0.25) is 14.6 Å². The van der Waals surface area contributed by atoms with Gasteiger partial charge < -0.3 is 19.9 Å². The van der Waals surface area contributed by atoms with E-state index in [0.29, 0.717) is 37.4 Å². The van der Waals surface area contributed by atoms with Crippen LogP contribution in [0.15, 0.2) is 79.1 Å². The van der Waals surface area contributed by atoms with E-state index in [0.717, 1.165) is 52.8 Å². The Kier molecular flexibility index (Phi) is 8.06. The van der Waals surface area contributed by atoms with Crippen LogP contribution in [0.5, 0.6) is 5.75 Å². The number of amides is 2. The number of nitrogens with zero attached hydrogens (tertiary/aromatic N) is 3. The molecule has 2 heterocycles. The molecule has 0 spiro atoms. The Balaban J connectivity index is 1.30. The number of anilines is 1. The Morgan fingerprint density at radius 1 is 0.897 bits per heavy atom. The van der Waals surface area contributed by atoms with E-state index < -0.39 is 0 Å². The summed E-state index contributed by atoms with van der Waals surface area (Å²) in [5, 5.41) is 4.85. The highest BCUT2D eigenvalue weighted by atomic mass is 16.5. The van der Waals surface area contributed by atoms with Crippen molar-refractivity contribution in [2.24, 2.45) is 0 Å². The summed E-state index contributed by atoms with van der Waals surface area (Å²) in [5.74, 6) is 0.725. The fraction of sp³-hybridized carbons (Fsp3) is 0.281. The quantitative estimate of drug-likeness (QED) is 0.335. The molecule has 0 bridgehead atoms. The maximum Gasteiger partial charge on any atom is 0.254 e. The number of benzene rings is 3. The average molecular weight is 523 g/mol. The van der Waals surface area contributed by atoms with Gasteiger partial charge in [-0.2, -0.15) is 0 Å². The van der Waals surface area contributed by atoms with Gasteiger partial charge in [0.05, 0.1) is 12.8 Å². The van der Waals surface area contributed by atoms with Crippen molar-refractivity contribution >= 4 is 28.3 Å². The molecule has 0 unspecified atom stereocenters.